The van der Waals surface area contributed by atoms with Gasteiger partial charge in [-0.3, -0.25) is 9.69 Å². The van der Waals surface area contributed by atoms with Gasteiger partial charge in [0.1, 0.15) is 0 Å². The Kier molecular flexibility index (Phi) is 7.14. The van der Waals surface area contributed by atoms with E-state index in [-0.39, 0.29) is 11.9 Å². The molecule has 1 amide bonds. The number of benzene rings is 3. The Morgan fingerprint density at radius 1 is 0.848 bits per heavy atom. The van der Waals surface area contributed by atoms with E-state index in [2.05, 4.69) is 79.3 Å². The average Bonchev–Trinajstić information content (AvgIpc) is 2.82. The molecule has 1 fully saturated rings. The topological polar surface area (TPSA) is 26.8 Å². The van der Waals surface area contributed by atoms with Gasteiger partial charge in [-0.25, -0.2) is 0 Å². The van der Waals surface area contributed by atoms with Gasteiger partial charge in [-0.2, -0.15) is 0 Å². The van der Waals surface area contributed by atoms with Crippen LogP contribution in [0.5, 0.6) is 0 Å². The van der Waals surface area contributed by atoms with E-state index >= 15 is 0 Å². The van der Waals surface area contributed by atoms with E-state index < -0.39 is 0 Å². The zero-order valence-electron chi connectivity index (χ0n) is 20.3. The molecule has 172 valence electrons. The number of likely N-dealkylation sites (tertiary alicyclic amines) is 1. The van der Waals surface area contributed by atoms with Gasteiger partial charge in [0.15, 0.2) is 0 Å². The number of hydrogen-bond donors (Lipinski definition) is 0. The monoisotopic (exact) mass is 441 g/mol. The summed E-state index contributed by atoms with van der Waals surface area (Å²) in [5, 5.41) is 0. The number of amides is 1. The Morgan fingerprint density at radius 2 is 1.48 bits per heavy atom. The zero-order chi connectivity index (χ0) is 23.4. The normalized spacial score (nSPS) is 14.8. The van der Waals surface area contributed by atoms with E-state index in [9.17, 15) is 4.79 Å². The van der Waals surface area contributed by atoms with Crippen molar-refractivity contribution in [1.82, 2.24) is 4.90 Å². The summed E-state index contributed by atoms with van der Waals surface area (Å²) in [4.78, 5) is 20.3. The summed E-state index contributed by atoms with van der Waals surface area (Å²) in [6.45, 7) is 7.06. The highest BCUT2D eigenvalue weighted by atomic mass is 16.2. The first kappa shape index (κ1) is 23.1. The second kappa shape index (κ2) is 10.2. The van der Waals surface area contributed by atoms with Gasteiger partial charge in [-0.05, 0) is 68.7 Å². The maximum atomic E-state index is 13.6. The highest BCUT2D eigenvalue weighted by molar-refractivity contribution is 6.06. The van der Waals surface area contributed by atoms with Crippen molar-refractivity contribution in [3.05, 3.63) is 95.1 Å². The Hall–Kier alpha value is -3.11. The number of nitrogens with zero attached hydrogens (tertiary/aromatic N) is 3. The molecule has 1 aliphatic heterocycles. The number of rotatable bonds is 6. The molecule has 4 heteroatoms. The van der Waals surface area contributed by atoms with E-state index in [0.717, 1.165) is 49.3 Å². The number of piperidine rings is 1. The fourth-order valence-corrected chi connectivity index (χ4v) is 4.61. The van der Waals surface area contributed by atoms with Crippen LogP contribution in [0.25, 0.3) is 0 Å². The van der Waals surface area contributed by atoms with Crippen LogP contribution in [0.1, 0.15) is 39.9 Å². The third-order valence-corrected chi connectivity index (χ3v) is 6.58. The minimum Gasteiger partial charge on any atom is -0.378 e. The quantitative estimate of drug-likeness (QED) is 0.492. The number of aryl methyl sites for hydroxylation is 2. The minimum absolute atomic E-state index is 0.0975. The molecule has 0 unspecified atom stereocenters. The van der Waals surface area contributed by atoms with Crippen molar-refractivity contribution in [2.45, 2.75) is 39.3 Å². The molecule has 1 saturated heterocycles. The number of hydrogen-bond acceptors (Lipinski definition) is 3. The van der Waals surface area contributed by atoms with Crippen molar-refractivity contribution < 1.29 is 4.79 Å². The van der Waals surface area contributed by atoms with Gasteiger partial charge < -0.3 is 9.80 Å². The van der Waals surface area contributed by atoms with Crippen LogP contribution >= 0.6 is 0 Å². The number of carbonyl (C=O) groups excluding carboxylic acids is 1. The lowest BCUT2D eigenvalue weighted by atomic mass is 9.99. The van der Waals surface area contributed by atoms with Crippen molar-refractivity contribution >= 4 is 17.3 Å². The lowest BCUT2D eigenvalue weighted by Gasteiger charge is -2.39. The third-order valence-electron chi connectivity index (χ3n) is 6.58. The zero-order valence-corrected chi connectivity index (χ0v) is 20.3. The first-order chi connectivity index (χ1) is 15.9. The molecule has 0 atom stereocenters. The number of carbonyl (C=O) groups is 1. The van der Waals surface area contributed by atoms with Gasteiger partial charge in [0.2, 0.25) is 0 Å². The molecule has 0 N–H and O–H groups in total. The summed E-state index contributed by atoms with van der Waals surface area (Å²) in [7, 11) is 4.13. The molecule has 0 aliphatic carbocycles. The summed E-state index contributed by atoms with van der Waals surface area (Å²) in [6.07, 6.45) is 1.95. The predicted octanol–water partition coefficient (Wildman–Crippen LogP) is 5.68. The van der Waals surface area contributed by atoms with Crippen LogP contribution in [0.2, 0.25) is 0 Å². The maximum Gasteiger partial charge on any atom is 0.258 e. The standard InChI is InChI=1S/C29H35N3O/c1-22-8-12-27(13-9-22)32(29(33)25-7-5-6-23(2)20-25)28-16-18-31(19-17-28)21-24-10-14-26(15-11-24)30(3)4/h5-15,20,28H,16-19,21H2,1-4H3. The van der Waals surface area contributed by atoms with E-state index in [1.807, 2.05) is 36.1 Å². The molecule has 3 aromatic carbocycles. The Balaban J connectivity index is 1.48. The highest BCUT2D eigenvalue weighted by Crippen LogP contribution is 2.27. The molecule has 1 heterocycles. The summed E-state index contributed by atoms with van der Waals surface area (Å²) in [5.74, 6) is 0.0975. The molecular weight excluding hydrogens is 406 g/mol. The van der Waals surface area contributed by atoms with Crippen LogP contribution in [0.15, 0.2) is 72.8 Å². The highest BCUT2D eigenvalue weighted by Gasteiger charge is 2.30. The van der Waals surface area contributed by atoms with Crippen molar-refractivity contribution in [2.24, 2.45) is 0 Å². The Bertz CT molecular complexity index is 1060. The molecule has 0 bridgehead atoms. The van der Waals surface area contributed by atoms with Crippen LogP contribution in [0.4, 0.5) is 11.4 Å². The largest absolute Gasteiger partial charge is 0.378 e. The van der Waals surface area contributed by atoms with Crippen LogP contribution in [0.3, 0.4) is 0 Å². The van der Waals surface area contributed by atoms with Gasteiger partial charge in [-0.15, -0.1) is 0 Å². The second-order valence-corrected chi connectivity index (χ2v) is 9.45. The SMILES string of the molecule is Cc1ccc(N(C(=O)c2cccc(C)c2)C2CCN(Cc3ccc(N(C)C)cc3)CC2)cc1. The first-order valence-electron chi connectivity index (χ1n) is 11.9. The molecule has 3 aromatic rings. The van der Waals surface area contributed by atoms with Gasteiger partial charge in [-0.1, -0.05) is 47.5 Å². The summed E-state index contributed by atoms with van der Waals surface area (Å²) >= 11 is 0. The lowest BCUT2D eigenvalue weighted by Crippen LogP contribution is -2.47. The molecular formula is C29H35N3O. The van der Waals surface area contributed by atoms with Crippen LogP contribution in [-0.4, -0.2) is 44.0 Å². The van der Waals surface area contributed by atoms with Crippen LogP contribution in [0, 0.1) is 13.8 Å². The van der Waals surface area contributed by atoms with Gasteiger partial charge >= 0.3 is 0 Å². The van der Waals surface area contributed by atoms with Crippen molar-refractivity contribution in [2.75, 3.05) is 37.0 Å². The fourth-order valence-electron chi connectivity index (χ4n) is 4.61. The lowest BCUT2D eigenvalue weighted by molar-refractivity contribution is 0.0958. The second-order valence-electron chi connectivity index (χ2n) is 9.45. The van der Waals surface area contributed by atoms with Crippen LogP contribution < -0.4 is 9.80 Å². The smallest absolute Gasteiger partial charge is 0.258 e. The Morgan fingerprint density at radius 3 is 2.09 bits per heavy atom. The maximum absolute atomic E-state index is 13.6. The molecule has 0 radical (unpaired) electrons. The predicted molar refractivity (Wildman–Crippen MR) is 138 cm³/mol. The van der Waals surface area contributed by atoms with E-state index in [4.69, 9.17) is 0 Å². The Labute approximate surface area is 198 Å². The summed E-state index contributed by atoms with van der Waals surface area (Å²) in [5.41, 5.74) is 6.63. The van der Waals surface area contributed by atoms with Gasteiger partial charge in [0.25, 0.3) is 5.91 Å². The molecule has 4 rings (SSSR count). The minimum atomic E-state index is 0.0975. The average molecular weight is 442 g/mol. The molecule has 0 saturated carbocycles. The van der Waals surface area contributed by atoms with Crippen LogP contribution in [-0.2, 0) is 6.54 Å². The third kappa shape index (κ3) is 5.63. The van der Waals surface area contributed by atoms with Crippen molar-refractivity contribution in [3.8, 4) is 0 Å². The molecule has 4 nitrogen and oxygen atoms in total. The van der Waals surface area contributed by atoms with Gasteiger partial charge in [0, 0.05) is 56.7 Å². The van der Waals surface area contributed by atoms with E-state index in [1.54, 1.807) is 0 Å². The van der Waals surface area contributed by atoms with Crippen molar-refractivity contribution in [1.29, 1.82) is 0 Å². The summed E-state index contributed by atoms with van der Waals surface area (Å²) in [6, 6.07) is 25.3. The number of anilines is 2. The molecule has 0 spiro atoms. The first-order valence-corrected chi connectivity index (χ1v) is 11.9. The van der Waals surface area contributed by atoms with Crippen molar-refractivity contribution in [3.63, 3.8) is 0 Å². The van der Waals surface area contributed by atoms with E-state index in [1.165, 1.54) is 16.8 Å². The molecule has 33 heavy (non-hydrogen) atoms. The molecule has 1 aliphatic rings. The van der Waals surface area contributed by atoms with E-state index in [0.29, 0.717) is 0 Å². The van der Waals surface area contributed by atoms with Gasteiger partial charge in [0.05, 0.1) is 0 Å². The molecule has 0 aromatic heterocycles. The fraction of sp³-hybridized carbons (Fsp3) is 0.345. The summed E-state index contributed by atoms with van der Waals surface area (Å²) < 4.78 is 0.